The van der Waals surface area contributed by atoms with Crippen LogP contribution in [0.15, 0.2) is 51.8 Å². The van der Waals surface area contributed by atoms with Gasteiger partial charge >= 0.3 is 0 Å². The normalized spacial score (nSPS) is 11.9. The number of benzene rings is 2. The number of nitrogen functional groups attached to an aromatic ring is 1. The van der Waals surface area contributed by atoms with Crippen LogP contribution in [0.4, 0.5) is 11.4 Å². The molecule has 0 aromatic heterocycles. The van der Waals surface area contributed by atoms with E-state index < -0.39 is 10.8 Å². The summed E-state index contributed by atoms with van der Waals surface area (Å²) < 4.78 is 13.0. The maximum absolute atomic E-state index is 12.2. The van der Waals surface area contributed by atoms with E-state index in [0.717, 1.165) is 10.0 Å². The molecule has 0 bridgehead atoms. The second-order valence-electron chi connectivity index (χ2n) is 4.54. The highest BCUT2D eigenvalue weighted by Gasteiger charge is 2.12. The van der Waals surface area contributed by atoms with Crippen LogP contribution in [0.2, 0.25) is 0 Å². The molecule has 21 heavy (non-hydrogen) atoms. The Morgan fingerprint density at radius 2 is 2.00 bits per heavy atom. The molecule has 2 aromatic rings. The molecule has 0 spiro atoms. The Kier molecular flexibility index (Phi) is 5.14. The van der Waals surface area contributed by atoms with Crippen LogP contribution in [-0.2, 0) is 15.6 Å². The molecule has 0 radical (unpaired) electrons. The van der Waals surface area contributed by atoms with Gasteiger partial charge < -0.3 is 11.1 Å². The topological polar surface area (TPSA) is 72.2 Å². The average Bonchev–Trinajstić information content (AvgIpc) is 2.44. The summed E-state index contributed by atoms with van der Waals surface area (Å²) in [6.45, 7) is 1.84. The Morgan fingerprint density at radius 3 is 2.67 bits per heavy atom. The van der Waals surface area contributed by atoms with E-state index in [4.69, 9.17) is 5.73 Å². The minimum atomic E-state index is -1.40. The largest absolute Gasteiger partial charge is 0.399 e. The van der Waals surface area contributed by atoms with E-state index in [0.29, 0.717) is 16.3 Å². The van der Waals surface area contributed by atoms with Crippen molar-refractivity contribution in [2.45, 2.75) is 11.8 Å². The fourth-order valence-corrected chi connectivity index (χ4v) is 3.13. The molecule has 2 aromatic carbocycles. The summed E-state index contributed by atoms with van der Waals surface area (Å²) >= 11 is 3.35. The van der Waals surface area contributed by atoms with Crippen molar-refractivity contribution < 1.29 is 9.00 Å². The highest BCUT2D eigenvalue weighted by Crippen LogP contribution is 2.21. The predicted octanol–water partition coefficient (Wildman–Crippen LogP) is 3.09. The van der Waals surface area contributed by atoms with Crippen LogP contribution in [0, 0.1) is 6.92 Å². The van der Waals surface area contributed by atoms with Crippen molar-refractivity contribution in [2.24, 2.45) is 0 Å². The van der Waals surface area contributed by atoms with Gasteiger partial charge in [-0.25, -0.2) is 0 Å². The van der Waals surface area contributed by atoms with Crippen LogP contribution in [-0.4, -0.2) is 15.9 Å². The maximum atomic E-state index is 12.2. The third-order valence-corrected chi connectivity index (χ3v) is 4.91. The molecule has 0 aliphatic heterocycles. The number of rotatable bonds is 4. The molecule has 4 nitrogen and oxygen atoms in total. The minimum absolute atomic E-state index is 0.0926. The third kappa shape index (κ3) is 4.15. The van der Waals surface area contributed by atoms with Crippen molar-refractivity contribution in [3.05, 3.63) is 52.5 Å². The molecule has 0 fully saturated rings. The van der Waals surface area contributed by atoms with Gasteiger partial charge in [-0.05, 0) is 58.7 Å². The number of hydrogen-bond acceptors (Lipinski definition) is 3. The smallest absolute Gasteiger partial charge is 0.237 e. The van der Waals surface area contributed by atoms with E-state index in [9.17, 15) is 9.00 Å². The number of hydrogen-bond donors (Lipinski definition) is 2. The first-order valence-corrected chi connectivity index (χ1v) is 8.37. The van der Waals surface area contributed by atoms with Crippen molar-refractivity contribution in [3.63, 3.8) is 0 Å². The van der Waals surface area contributed by atoms with Crippen molar-refractivity contribution >= 4 is 44.0 Å². The van der Waals surface area contributed by atoms with Gasteiger partial charge in [0, 0.05) is 15.1 Å². The van der Waals surface area contributed by atoms with Crippen molar-refractivity contribution in [1.29, 1.82) is 0 Å². The van der Waals surface area contributed by atoms with E-state index in [2.05, 4.69) is 21.2 Å². The number of nitrogens with one attached hydrogen (secondary N) is 1. The number of nitrogens with two attached hydrogens (primary N) is 1. The average molecular weight is 367 g/mol. The summed E-state index contributed by atoms with van der Waals surface area (Å²) in [5.74, 6) is -0.389. The zero-order valence-corrected chi connectivity index (χ0v) is 13.8. The quantitative estimate of drug-likeness (QED) is 0.816. The molecule has 0 heterocycles. The Morgan fingerprint density at radius 1 is 1.29 bits per heavy atom. The zero-order chi connectivity index (χ0) is 15.4. The van der Waals surface area contributed by atoms with Crippen LogP contribution >= 0.6 is 15.9 Å². The summed E-state index contributed by atoms with van der Waals surface area (Å²) in [6.07, 6.45) is 0. The van der Waals surface area contributed by atoms with Crippen LogP contribution in [0.25, 0.3) is 0 Å². The molecule has 0 aliphatic rings. The first kappa shape index (κ1) is 15.7. The van der Waals surface area contributed by atoms with E-state index in [1.54, 1.807) is 24.3 Å². The lowest BCUT2D eigenvalue weighted by Crippen LogP contribution is -2.19. The molecule has 0 aliphatic carbocycles. The standard InChI is InChI=1S/C15H15BrN2O2S/c1-10-8-11(6-7-13(10)17)21(20)9-15(19)18-14-5-3-2-4-12(14)16/h2-8H,9,17H2,1H3,(H,18,19). The van der Waals surface area contributed by atoms with E-state index in [1.807, 2.05) is 25.1 Å². The third-order valence-electron chi connectivity index (χ3n) is 2.91. The Labute approximate surface area is 134 Å². The molecule has 0 saturated heterocycles. The molecule has 0 saturated carbocycles. The fourth-order valence-electron chi connectivity index (χ4n) is 1.74. The second kappa shape index (κ2) is 6.87. The zero-order valence-electron chi connectivity index (χ0n) is 11.4. The SMILES string of the molecule is Cc1cc(S(=O)CC(=O)Nc2ccccc2Br)ccc1N. The number of halogens is 1. The fraction of sp³-hybridized carbons (Fsp3) is 0.133. The minimum Gasteiger partial charge on any atom is -0.399 e. The van der Waals surface area contributed by atoms with Gasteiger partial charge in [0.1, 0.15) is 5.75 Å². The maximum Gasteiger partial charge on any atom is 0.237 e. The lowest BCUT2D eigenvalue weighted by Gasteiger charge is -2.08. The molecule has 1 atom stereocenters. The van der Waals surface area contributed by atoms with Gasteiger partial charge in [0.15, 0.2) is 0 Å². The van der Waals surface area contributed by atoms with Gasteiger partial charge in [-0.15, -0.1) is 0 Å². The molecule has 1 unspecified atom stereocenters. The molecular formula is C15H15BrN2O2S. The van der Waals surface area contributed by atoms with Gasteiger partial charge in [0.2, 0.25) is 5.91 Å². The van der Waals surface area contributed by atoms with E-state index >= 15 is 0 Å². The predicted molar refractivity (Wildman–Crippen MR) is 89.6 cm³/mol. The first-order valence-electron chi connectivity index (χ1n) is 6.26. The number of anilines is 2. The van der Waals surface area contributed by atoms with Crippen LogP contribution in [0.1, 0.15) is 5.56 Å². The lowest BCUT2D eigenvalue weighted by molar-refractivity contribution is -0.113. The number of amides is 1. The summed E-state index contributed by atoms with van der Waals surface area (Å²) in [4.78, 5) is 12.6. The Hall–Kier alpha value is -1.66. The lowest BCUT2D eigenvalue weighted by atomic mass is 10.2. The summed E-state index contributed by atoms with van der Waals surface area (Å²) in [7, 11) is -1.40. The van der Waals surface area contributed by atoms with Gasteiger partial charge in [0.25, 0.3) is 0 Å². The number of aryl methyl sites for hydroxylation is 1. The second-order valence-corrected chi connectivity index (χ2v) is 6.84. The molecule has 2 rings (SSSR count). The monoisotopic (exact) mass is 366 g/mol. The number of carbonyl (C=O) groups excluding carboxylic acids is 1. The van der Waals surface area contributed by atoms with Crippen LogP contribution in [0.5, 0.6) is 0 Å². The van der Waals surface area contributed by atoms with Crippen LogP contribution < -0.4 is 11.1 Å². The highest BCUT2D eigenvalue weighted by atomic mass is 79.9. The van der Waals surface area contributed by atoms with Crippen molar-refractivity contribution in [3.8, 4) is 0 Å². The summed E-state index contributed by atoms with van der Waals surface area (Å²) in [6, 6.07) is 12.4. The molecular weight excluding hydrogens is 352 g/mol. The van der Waals surface area contributed by atoms with Crippen molar-refractivity contribution in [2.75, 3.05) is 16.8 Å². The van der Waals surface area contributed by atoms with Crippen molar-refractivity contribution in [1.82, 2.24) is 0 Å². The highest BCUT2D eigenvalue weighted by molar-refractivity contribution is 9.10. The summed E-state index contributed by atoms with van der Waals surface area (Å²) in [5.41, 5.74) is 7.89. The number of carbonyl (C=O) groups is 1. The van der Waals surface area contributed by atoms with E-state index in [-0.39, 0.29) is 11.7 Å². The van der Waals surface area contributed by atoms with E-state index in [1.165, 1.54) is 0 Å². The Bertz CT molecular complexity index is 704. The Balaban J connectivity index is 2.04. The van der Waals surface area contributed by atoms with Gasteiger partial charge in [-0.1, -0.05) is 12.1 Å². The molecule has 3 N–H and O–H groups in total. The van der Waals surface area contributed by atoms with Gasteiger partial charge in [0.05, 0.1) is 16.5 Å². The summed E-state index contributed by atoms with van der Waals surface area (Å²) in [5, 5.41) is 2.73. The molecule has 1 amide bonds. The molecule has 6 heteroatoms. The first-order chi connectivity index (χ1) is 9.97. The van der Waals surface area contributed by atoms with Gasteiger partial charge in [-0.3, -0.25) is 9.00 Å². The van der Waals surface area contributed by atoms with Crippen LogP contribution in [0.3, 0.4) is 0 Å². The number of para-hydroxylation sites is 1. The van der Waals surface area contributed by atoms with Gasteiger partial charge in [-0.2, -0.15) is 0 Å². The molecule has 110 valence electrons.